The zero-order valence-corrected chi connectivity index (χ0v) is 7.97. The fourth-order valence-corrected chi connectivity index (χ4v) is 1.51. The molecule has 0 amide bonds. The Bertz CT molecular complexity index is 457. The van der Waals surface area contributed by atoms with Crippen LogP contribution in [0.25, 0.3) is 11.5 Å². The molecular formula is C8H10N6O. The minimum atomic E-state index is -0.0744. The van der Waals surface area contributed by atoms with Gasteiger partial charge in [-0.3, -0.25) is 0 Å². The first-order valence-corrected chi connectivity index (χ1v) is 4.74. The van der Waals surface area contributed by atoms with Crippen LogP contribution >= 0.6 is 0 Å². The van der Waals surface area contributed by atoms with Crippen molar-refractivity contribution in [3.63, 3.8) is 0 Å². The van der Waals surface area contributed by atoms with E-state index in [1.807, 2.05) is 0 Å². The quantitative estimate of drug-likeness (QED) is 0.722. The lowest BCUT2D eigenvalue weighted by atomic mass is 10.1. The Hall–Kier alpha value is -1.76. The van der Waals surface area contributed by atoms with Crippen molar-refractivity contribution < 1.29 is 4.52 Å². The third-order valence-corrected chi connectivity index (χ3v) is 2.77. The molecule has 7 heteroatoms. The van der Waals surface area contributed by atoms with Gasteiger partial charge in [0, 0.05) is 6.54 Å². The molecule has 0 atom stereocenters. The number of nitrogens with two attached hydrogens (primary N) is 1. The second kappa shape index (κ2) is 2.86. The molecule has 2 aromatic heterocycles. The third kappa shape index (κ3) is 1.23. The van der Waals surface area contributed by atoms with Gasteiger partial charge < -0.3 is 10.3 Å². The predicted molar refractivity (Wildman–Crippen MR) is 49.6 cm³/mol. The van der Waals surface area contributed by atoms with Crippen LogP contribution in [0.1, 0.15) is 18.7 Å². The summed E-state index contributed by atoms with van der Waals surface area (Å²) in [4.78, 5) is 4.28. The third-order valence-electron chi connectivity index (χ3n) is 2.77. The molecule has 0 aromatic carbocycles. The maximum absolute atomic E-state index is 5.67. The Morgan fingerprint density at radius 3 is 3.00 bits per heavy atom. The molecule has 1 saturated carbocycles. The first-order chi connectivity index (χ1) is 7.34. The van der Waals surface area contributed by atoms with Gasteiger partial charge in [-0.2, -0.15) is 20.4 Å². The summed E-state index contributed by atoms with van der Waals surface area (Å²) < 4.78 is 5.18. The van der Waals surface area contributed by atoms with Crippen molar-refractivity contribution in [2.75, 3.05) is 6.54 Å². The molecule has 1 aliphatic rings. The van der Waals surface area contributed by atoms with Gasteiger partial charge in [-0.25, -0.2) is 0 Å². The fourth-order valence-electron chi connectivity index (χ4n) is 1.51. The Morgan fingerprint density at radius 2 is 2.40 bits per heavy atom. The van der Waals surface area contributed by atoms with E-state index in [1.165, 1.54) is 0 Å². The molecule has 0 radical (unpaired) electrons. The number of hydrogen-bond acceptors (Lipinski definition) is 6. The Balaban J connectivity index is 1.95. The number of nitrogens with zero attached hydrogens (tertiary/aromatic N) is 4. The maximum Gasteiger partial charge on any atom is 0.234 e. The smallest absolute Gasteiger partial charge is 0.234 e. The topological polar surface area (TPSA) is 107 Å². The van der Waals surface area contributed by atoms with E-state index in [0.29, 0.717) is 24.0 Å². The first-order valence-electron chi connectivity index (χ1n) is 4.74. The second-order valence-corrected chi connectivity index (χ2v) is 3.76. The molecule has 78 valence electrons. The van der Waals surface area contributed by atoms with Crippen LogP contribution in [0, 0.1) is 0 Å². The average Bonchev–Trinajstić information content (AvgIpc) is 2.74. The molecule has 1 fully saturated rings. The molecule has 0 saturated heterocycles. The zero-order valence-electron chi connectivity index (χ0n) is 7.97. The highest BCUT2D eigenvalue weighted by Crippen LogP contribution is 2.46. The summed E-state index contributed by atoms with van der Waals surface area (Å²) in [6.45, 7) is 0.549. The second-order valence-electron chi connectivity index (χ2n) is 3.76. The van der Waals surface area contributed by atoms with Crippen LogP contribution in [-0.4, -0.2) is 32.1 Å². The number of nitrogens with one attached hydrogen (secondary N) is 1. The van der Waals surface area contributed by atoms with Gasteiger partial charge in [0.05, 0.1) is 11.6 Å². The Labute approximate surface area is 85.1 Å². The monoisotopic (exact) mass is 206 g/mol. The summed E-state index contributed by atoms with van der Waals surface area (Å²) in [5.74, 6) is 1.07. The van der Waals surface area contributed by atoms with Gasteiger partial charge in [0.1, 0.15) is 0 Å². The highest BCUT2D eigenvalue weighted by atomic mass is 16.5. The van der Waals surface area contributed by atoms with Crippen LogP contribution in [0.3, 0.4) is 0 Å². The number of aromatic amines is 1. The number of H-pyrrole nitrogens is 1. The van der Waals surface area contributed by atoms with Gasteiger partial charge in [-0.05, 0) is 12.8 Å². The lowest BCUT2D eigenvalue weighted by Gasteiger charge is -2.03. The minimum Gasteiger partial charge on any atom is -0.338 e. The van der Waals surface area contributed by atoms with Crippen molar-refractivity contribution in [3.8, 4) is 11.5 Å². The Kier molecular flexibility index (Phi) is 1.63. The first kappa shape index (κ1) is 8.54. The van der Waals surface area contributed by atoms with E-state index in [-0.39, 0.29) is 5.41 Å². The molecule has 0 aliphatic heterocycles. The van der Waals surface area contributed by atoms with Gasteiger partial charge >= 0.3 is 0 Å². The summed E-state index contributed by atoms with van der Waals surface area (Å²) in [5, 5.41) is 13.9. The van der Waals surface area contributed by atoms with Crippen LogP contribution in [0.15, 0.2) is 10.7 Å². The number of hydrogen-bond donors (Lipinski definition) is 2. The fraction of sp³-hybridized carbons (Fsp3) is 0.500. The highest BCUT2D eigenvalue weighted by Gasteiger charge is 2.48. The van der Waals surface area contributed by atoms with E-state index >= 15 is 0 Å². The molecule has 2 heterocycles. The van der Waals surface area contributed by atoms with Gasteiger partial charge in [0.25, 0.3) is 0 Å². The molecule has 7 nitrogen and oxygen atoms in total. The van der Waals surface area contributed by atoms with Crippen molar-refractivity contribution in [1.29, 1.82) is 0 Å². The highest BCUT2D eigenvalue weighted by molar-refractivity contribution is 5.45. The molecule has 1 aliphatic carbocycles. The van der Waals surface area contributed by atoms with Crippen molar-refractivity contribution in [1.82, 2.24) is 25.6 Å². The van der Waals surface area contributed by atoms with Crippen molar-refractivity contribution in [3.05, 3.63) is 12.1 Å². The standard InChI is InChI=1S/C8H10N6O/c9-4-8(1-2-8)7-11-6(13-15-7)5-3-10-14-12-5/h3H,1-2,4,9H2,(H,10,12,14). The van der Waals surface area contributed by atoms with E-state index in [1.54, 1.807) is 6.20 Å². The summed E-state index contributed by atoms with van der Waals surface area (Å²) in [7, 11) is 0. The largest absolute Gasteiger partial charge is 0.338 e. The van der Waals surface area contributed by atoms with Gasteiger partial charge in [0.2, 0.25) is 11.7 Å². The minimum absolute atomic E-state index is 0.0744. The van der Waals surface area contributed by atoms with Gasteiger partial charge in [-0.1, -0.05) is 5.16 Å². The van der Waals surface area contributed by atoms with Crippen LogP contribution < -0.4 is 5.73 Å². The molecule has 0 unspecified atom stereocenters. The Morgan fingerprint density at radius 1 is 1.53 bits per heavy atom. The molecule has 0 spiro atoms. The van der Waals surface area contributed by atoms with Gasteiger partial charge in [0.15, 0.2) is 5.69 Å². The molecule has 15 heavy (non-hydrogen) atoms. The van der Waals surface area contributed by atoms with Gasteiger partial charge in [-0.15, -0.1) is 0 Å². The van der Waals surface area contributed by atoms with Crippen LogP contribution in [-0.2, 0) is 5.41 Å². The molecule has 2 aromatic rings. The van der Waals surface area contributed by atoms with Crippen LogP contribution in [0.4, 0.5) is 0 Å². The average molecular weight is 206 g/mol. The lowest BCUT2D eigenvalue weighted by molar-refractivity contribution is 0.347. The van der Waals surface area contributed by atoms with Crippen molar-refractivity contribution in [2.24, 2.45) is 5.73 Å². The van der Waals surface area contributed by atoms with Crippen LogP contribution in [0.2, 0.25) is 0 Å². The summed E-state index contributed by atoms with van der Waals surface area (Å²) >= 11 is 0. The van der Waals surface area contributed by atoms with E-state index < -0.39 is 0 Å². The summed E-state index contributed by atoms with van der Waals surface area (Å²) in [5.41, 5.74) is 6.17. The van der Waals surface area contributed by atoms with Crippen molar-refractivity contribution in [2.45, 2.75) is 18.3 Å². The lowest BCUT2D eigenvalue weighted by Crippen LogP contribution is -2.19. The predicted octanol–water partition coefficient (Wildman–Crippen LogP) is -0.155. The normalized spacial score (nSPS) is 17.9. The number of rotatable bonds is 3. The SMILES string of the molecule is NCC1(c2nc(-c3cn[nH]n3)no2)CC1. The molecule has 0 bridgehead atoms. The van der Waals surface area contributed by atoms with Crippen molar-refractivity contribution >= 4 is 0 Å². The summed E-state index contributed by atoms with van der Waals surface area (Å²) in [6, 6.07) is 0. The molecular weight excluding hydrogens is 196 g/mol. The molecule has 3 N–H and O–H groups in total. The van der Waals surface area contributed by atoms with E-state index in [0.717, 1.165) is 12.8 Å². The van der Waals surface area contributed by atoms with E-state index in [2.05, 4.69) is 25.6 Å². The van der Waals surface area contributed by atoms with E-state index in [9.17, 15) is 0 Å². The number of aromatic nitrogens is 5. The van der Waals surface area contributed by atoms with Crippen LogP contribution in [0.5, 0.6) is 0 Å². The summed E-state index contributed by atoms with van der Waals surface area (Å²) in [6.07, 6.45) is 3.59. The maximum atomic E-state index is 5.67. The van der Waals surface area contributed by atoms with E-state index in [4.69, 9.17) is 10.3 Å². The zero-order chi connectivity index (χ0) is 10.3. The molecule has 3 rings (SSSR count).